The molecule has 0 radical (unpaired) electrons. The van der Waals surface area contributed by atoms with Gasteiger partial charge in [0.05, 0.1) is 27.5 Å². The van der Waals surface area contributed by atoms with Gasteiger partial charge in [-0.25, -0.2) is 13.2 Å². The number of hydrogen-bond acceptors (Lipinski definition) is 2. The summed E-state index contributed by atoms with van der Waals surface area (Å²) in [5.74, 6) is -1.35. The van der Waals surface area contributed by atoms with Gasteiger partial charge in [0.25, 0.3) is 12.3 Å². The maximum absolute atomic E-state index is 13.9. The van der Waals surface area contributed by atoms with Gasteiger partial charge < -0.3 is 4.90 Å². The molecule has 0 aliphatic rings. The number of carbonyl (C=O) groups excluding carboxylic acids is 1. The van der Waals surface area contributed by atoms with Crippen LogP contribution >= 0.6 is 23.2 Å². The fourth-order valence-electron chi connectivity index (χ4n) is 2.61. The van der Waals surface area contributed by atoms with Crippen LogP contribution in [0, 0.1) is 5.82 Å². The number of nitrogens with one attached hydrogen (secondary N) is 1. The minimum atomic E-state index is -2.90. The third-order valence-electron chi connectivity index (χ3n) is 3.97. The molecule has 0 atom stereocenters. The highest BCUT2D eigenvalue weighted by atomic mass is 35.5. The van der Waals surface area contributed by atoms with Crippen molar-refractivity contribution >= 4 is 34.8 Å². The Balaban J connectivity index is 2.07. The van der Waals surface area contributed by atoms with E-state index in [0.717, 1.165) is 17.2 Å². The molecule has 0 spiro atoms. The second kappa shape index (κ2) is 7.62. The number of aromatic amines is 1. The molecule has 0 saturated carbocycles. The maximum Gasteiger partial charge on any atom is 0.280 e. The Morgan fingerprint density at radius 1 is 1.15 bits per heavy atom. The van der Waals surface area contributed by atoms with Crippen LogP contribution in [0.15, 0.2) is 42.6 Å². The number of benzene rings is 2. The Morgan fingerprint density at radius 3 is 2.56 bits per heavy atom. The molecule has 140 valence electrons. The highest BCUT2D eigenvalue weighted by Gasteiger charge is 2.25. The van der Waals surface area contributed by atoms with Crippen LogP contribution in [-0.4, -0.2) is 23.2 Å². The number of H-pyrrole nitrogens is 1. The molecule has 4 nitrogen and oxygen atoms in total. The molecule has 1 N–H and O–H groups in total. The first-order valence-electron chi connectivity index (χ1n) is 7.64. The predicted molar refractivity (Wildman–Crippen MR) is 98.1 cm³/mol. The molecule has 3 rings (SSSR count). The Bertz CT molecular complexity index is 1010. The minimum absolute atomic E-state index is 0.180. The summed E-state index contributed by atoms with van der Waals surface area (Å²) in [6.45, 7) is 0. The summed E-state index contributed by atoms with van der Waals surface area (Å²) in [4.78, 5) is 13.8. The average molecular weight is 414 g/mol. The predicted octanol–water partition coefficient (Wildman–Crippen LogP) is 5.74. The third kappa shape index (κ3) is 3.79. The second-order valence-electron chi connectivity index (χ2n) is 5.65. The molecule has 0 saturated heterocycles. The summed E-state index contributed by atoms with van der Waals surface area (Å²) >= 11 is 12.0. The summed E-state index contributed by atoms with van der Waals surface area (Å²) < 4.78 is 40.0. The summed E-state index contributed by atoms with van der Waals surface area (Å²) in [5, 5.41) is 6.24. The number of nitrogens with zero attached hydrogens (tertiary/aromatic N) is 2. The van der Waals surface area contributed by atoms with Crippen molar-refractivity contribution < 1.29 is 18.0 Å². The average Bonchev–Trinajstić information content (AvgIpc) is 3.13. The van der Waals surface area contributed by atoms with Crippen LogP contribution in [0.1, 0.15) is 22.5 Å². The van der Waals surface area contributed by atoms with E-state index in [2.05, 4.69) is 10.2 Å². The molecule has 1 heterocycles. The van der Waals surface area contributed by atoms with Crippen LogP contribution in [0.25, 0.3) is 11.1 Å². The number of anilines is 1. The van der Waals surface area contributed by atoms with E-state index in [1.165, 1.54) is 19.2 Å². The van der Waals surface area contributed by atoms with Crippen molar-refractivity contribution in [3.63, 3.8) is 0 Å². The summed E-state index contributed by atoms with van der Waals surface area (Å²) in [6, 6.07) is 8.63. The van der Waals surface area contributed by atoms with Gasteiger partial charge in [-0.2, -0.15) is 5.10 Å². The number of alkyl halides is 2. The molecular weight excluding hydrogens is 402 g/mol. The number of hydrogen-bond donors (Lipinski definition) is 1. The Kier molecular flexibility index (Phi) is 5.43. The summed E-state index contributed by atoms with van der Waals surface area (Å²) in [5.41, 5.74) is 0.351. The second-order valence-corrected chi connectivity index (χ2v) is 6.47. The van der Waals surface area contributed by atoms with E-state index in [4.69, 9.17) is 23.2 Å². The first-order valence-corrected chi connectivity index (χ1v) is 8.39. The lowest BCUT2D eigenvalue weighted by Crippen LogP contribution is -2.27. The molecule has 1 aromatic heterocycles. The van der Waals surface area contributed by atoms with Crippen molar-refractivity contribution in [1.29, 1.82) is 0 Å². The van der Waals surface area contributed by atoms with E-state index in [1.807, 2.05) is 0 Å². The van der Waals surface area contributed by atoms with E-state index >= 15 is 0 Å². The van der Waals surface area contributed by atoms with Crippen molar-refractivity contribution in [3.05, 3.63) is 69.7 Å². The monoisotopic (exact) mass is 413 g/mol. The fraction of sp³-hybridized carbons (Fsp3) is 0.111. The SMILES string of the molecule is CN(C(=O)c1cn[nH]c1C(F)F)c1cc(F)ccc1-c1ccc(Cl)c(Cl)c1. The lowest BCUT2D eigenvalue weighted by Gasteiger charge is -2.21. The van der Waals surface area contributed by atoms with Crippen LogP contribution in [0.2, 0.25) is 10.0 Å². The molecule has 2 aromatic carbocycles. The number of rotatable bonds is 4. The molecule has 1 amide bonds. The molecule has 0 aliphatic carbocycles. The van der Waals surface area contributed by atoms with Crippen molar-refractivity contribution in [2.45, 2.75) is 6.43 Å². The summed E-state index contributed by atoms with van der Waals surface area (Å²) in [7, 11) is 1.36. The molecule has 27 heavy (non-hydrogen) atoms. The van der Waals surface area contributed by atoms with Crippen LogP contribution in [0.5, 0.6) is 0 Å². The lowest BCUT2D eigenvalue weighted by atomic mass is 10.0. The van der Waals surface area contributed by atoms with Crippen molar-refractivity contribution in [1.82, 2.24) is 10.2 Å². The molecule has 0 unspecified atom stereocenters. The third-order valence-corrected chi connectivity index (χ3v) is 4.71. The zero-order valence-corrected chi connectivity index (χ0v) is 15.3. The highest BCUT2D eigenvalue weighted by Crippen LogP contribution is 2.35. The quantitative estimate of drug-likeness (QED) is 0.592. The van der Waals surface area contributed by atoms with Crippen molar-refractivity contribution in [2.75, 3.05) is 11.9 Å². The topological polar surface area (TPSA) is 49.0 Å². The van der Waals surface area contributed by atoms with E-state index in [-0.39, 0.29) is 16.3 Å². The summed E-state index contributed by atoms with van der Waals surface area (Å²) in [6.07, 6.45) is -1.89. The number of carbonyl (C=O) groups is 1. The van der Waals surface area contributed by atoms with Crippen molar-refractivity contribution in [3.8, 4) is 11.1 Å². The van der Waals surface area contributed by atoms with Gasteiger partial charge in [-0.3, -0.25) is 9.89 Å². The Labute approximate surface area is 162 Å². The van der Waals surface area contributed by atoms with Gasteiger partial charge in [0, 0.05) is 12.6 Å². The molecule has 0 aliphatic heterocycles. The fourth-order valence-corrected chi connectivity index (χ4v) is 2.91. The standard InChI is InChI=1S/C18H12Cl2F3N3O/c1-26(18(27)12-8-24-25-16(12)17(22)23)15-7-10(21)3-4-11(15)9-2-5-13(19)14(20)6-9/h2-8,17H,1H3,(H,24,25). The van der Waals surface area contributed by atoms with Crippen LogP contribution in [-0.2, 0) is 0 Å². The van der Waals surface area contributed by atoms with Crippen LogP contribution in [0.4, 0.5) is 18.9 Å². The van der Waals surface area contributed by atoms with E-state index in [1.54, 1.807) is 18.2 Å². The molecule has 0 fully saturated rings. The van der Waals surface area contributed by atoms with Gasteiger partial charge in [0.15, 0.2) is 0 Å². The normalized spacial score (nSPS) is 11.1. The van der Waals surface area contributed by atoms with Gasteiger partial charge in [0.2, 0.25) is 0 Å². The van der Waals surface area contributed by atoms with Gasteiger partial charge in [0.1, 0.15) is 11.5 Å². The lowest BCUT2D eigenvalue weighted by molar-refractivity contribution is 0.0978. The van der Waals surface area contributed by atoms with Gasteiger partial charge in [-0.15, -0.1) is 0 Å². The van der Waals surface area contributed by atoms with E-state index in [0.29, 0.717) is 16.1 Å². The number of amides is 1. The zero-order chi connectivity index (χ0) is 19.7. The van der Waals surface area contributed by atoms with Gasteiger partial charge >= 0.3 is 0 Å². The Hall–Kier alpha value is -2.51. The van der Waals surface area contributed by atoms with Gasteiger partial charge in [-0.05, 0) is 35.9 Å². The maximum atomic E-state index is 13.9. The molecule has 0 bridgehead atoms. The molecule has 9 heteroatoms. The van der Waals surface area contributed by atoms with Crippen molar-refractivity contribution in [2.24, 2.45) is 0 Å². The smallest absolute Gasteiger partial charge is 0.280 e. The molecule has 3 aromatic rings. The van der Waals surface area contributed by atoms with E-state index in [9.17, 15) is 18.0 Å². The largest absolute Gasteiger partial charge is 0.311 e. The Morgan fingerprint density at radius 2 is 1.89 bits per heavy atom. The van der Waals surface area contributed by atoms with Crippen LogP contribution in [0.3, 0.4) is 0 Å². The molecular formula is C18H12Cl2F3N3O. The first-order chi connectivity index (χ1) is 12.8. The van der Waals surface area contributed by atoms with Crippen LogP contribution < -0.4 is 4.90 Å². The van der Waals surface area contributed by atoms with E-state index < -0.39 is 23.8 Å². The number of aromatic nitrogens is 2. The first kappa shape index (κ1) is 19.3. The zero-order valence-electron chi connectivity index (χ0n) is 13.8. The number of halogens is 5. The van der Waals surface area contributed by atoms with Gasteiger partial charge in [-0.1, -0.05) is 29.3 Å². The highest BCUT2D eigenvalue weighted by molar-refractivity contribution is 6.42. The minimum Gasteiger partial charge on any atom is -0.311 e.